The van der Waals surface area contributed by atoms with Crippen molar-refractivity contribution in [2.24, 2.45) is 0 Å². The van der Waals surface area contributed by atoms with E-state index in [4.69, 9.17) is 9.84 Å². The van der Waals surface area contributed by atoms with Crippen molar-refractivity contribution in [2.45, 2.75) is 32.4 Å². The molecule has 4 rings (SSSR count). The number of hydrogen-bond donors (Lipinski definition) is 0. The minimum atomic E-state index is -1.18. The zero-order valence-electron chi connectivity index (χ0n) is 19.1. The zero-order valence-corrected chi connectivity index (χ0v) is 21.7. The van der Waals surface area contributed by atoms with Crippen LogP contribution in [0.25, 0.3) is 22.2 Å². The molecule has 0 atom stereocenters. The topological polar surface area (TPSA) is 59.3 Å². The first-order chi connectivity index (χ1) is 15.2. The molecular formula is C22H30BrFN6OSi. The van der Waals surface area contributed by atoms with Crippen LogP contribution in [0.3, 0.4) is 0 Å². The van der Waals surface area contributed by atoms with Gasteiger partial charge in [0, 0.05) is 70.3 Å². The maximum absolute atomic E-state index is 14.3. The lowest BCUT2D eigenvalue weighted by Gasteiger charge is -2.32. The van der Waals surface area contributed by atoms with Gasteiger partial charge in [-0.25, -0.2) is 19.0 Å². The van der Waals surface area contributed by atoms with Crippen molar-refractivity contribution >= 4 is 40.9 Å². The third-order valence-electron chi connectivity index (χ3n) is 5.70. The highest BCUT2D eigenvalue weighted by Crippen LogP contribution is 2.32. The van der Waals surface area contributed by atoms with Gasteiger partial charge in [-0.1, -0.05) is 19.6 Å². The van der Waals surface area contributed by atoms with Crippen LogP contribution in [0.5, 0.6) is 0 Å². The monoisotopic (exact) mass is 520 g/mol. The molecule has 3 aromatic rings. The van der Waals surface area contributed by atoms with Crippen molar-refractivity contribution in [3.8, 4) is 11.3 Å². The summed E-state index contributed by atoms with van der Waals surface area (Å²) in [5.41, 5.74) is 2.21. The molecule has 0 radical (unpaired) electrons. The van der Waals surface area contributed by atoms with Crippen LogP contribution in [0.4, 0.5) is 10.3 Å². The van der Waals surface area contributed by atoms with E-state index >= 15 is 0 Å². The fourth-order valence-corrected chi connectivity index (χ4v) is 4.72. The predicted molar refractivity (Wildman–Crippen MR) is 132 cm³/mol. The van der Waals surface area contributed by atoms with Gasteiger partial charge >= 0.3 is 0 Å². The molecule has 1 aliphatic heterocycles. The normalized spacial score (nSPS) is 15.6. The second-order valence-corrected chi connectivity index (χ2v) is 16.0. The Kier molecular flexibility index (Phi) is 6.94. The summed E-state index contributed by atoms with van der Waals surface area (Å²) in [5.74, 6) is 0.404. The van der Waals surface area contributed by atoms with Crippen LogP contribution in [0.2, 0.25) is 25.7 Å². The molecule has 32 heavy (non-hydrogen) atoms. The largest absolute Gasteiger partial charge is 0.360 e. The molecule has 2 aromatic heterocycles. The molecule has 1 fully saturated rings. The van der Waals surface area contributed by atoms with Gasteiger partial charge in [-0.2, -0.15) is 5.10 Å². The van der Waals surface area contributed by atoms with E-state index in [0.717, 1.165) is 54.8 Å². The molecule has 0 saturated carbocycles. The summed E-state index contributed by atoms with van der Waals surface area (Å²) in [6, 6.07) is 4.33. The maximum atomic E-state index is 14.3. The average molecular weight is 522 g/mol. The van der Waals surface area contributed by atoms with E-state index in [-0.39, 0.29) is 12.5 Å². The van der Waals surface area contributed by atoms with Crippen molar-refractivity contribution in [2.75, 3.05) is 44.7 Å². The quantitative estimate of drug-likeness (QED) is 0.338. The summed E-state index contributed by atoms with van der Waals surface area (Å²) in [4.78, 5) is 13.7. The third-order valence-corrected chi connectivity index (χ3v) is 8.01. The Morgan fingerprint density at radius 2 is 1.78 bits per heavy atom. The van der Waals surface area contributed by atoms with Crippen LogP contribution in [0.1, 0.15) is 0 Å². The predicted octanol–water partition coefficient (Wildman–Crippen LogP) is 4.46. The number of benzene rings is 1. The van der Waals surface area contributed by atoms with Crippen molar-refractivity contribution in [1.82, 2.24) is 24.6 Å². The van der Waals surface area contributed by atoms with Gasteiger partial charge in [-0.05, 0) is 35.1 Å². The van der Waals surface area contributed by atoms with Gasteiger partial charge in [0.1, 0.15) is 18.2 Å². The molecule has 1 saturated heterocycles. The Labute approximate surface area is 197 Å². The molecule has 1 aliphatic rings. The highest BCUT2D eigenvalue weighted by Gasteiger charge is 2.19. The number of rotatable bonds is 7. The third kappa shape index (κ3) is 5.36. The van der Waals surface area contributed by atoms with Crippen molar-refractivity contribution in [1.29, 1.82) is 0 Å². The number of aromatic nitrogens is 4. The van der Waals surface area contributed by atoms with Crippen LogP contribution >= 0.6 is 15.9 Å². The summed E-state index contributed by atoms with van der Waals surface area (Å²) >= 11 is 3.31. The zero-order chi connectivity index (χ0) is 22.9. The summed E-state index contributed by atoms with van der Waals surface area (Å²) in [5, 5.41) is 5.58. The van der Waals surface area contributed by atoms with Crippen molar-refractivity contribution < 1.29 is 9.13 Å². The van der Waals surface area contributed by atoms with Gasteiger partial charge in [-0.3, -0.25) is 0 Å². The number of fused-ring (bicyclic) bond motifs is 1. The number of anilines is 1. The van der Waals surface area contributed by atoms with E-state index in [1.54, 1.807) is 23.1 Å². The number of hydrogen-bond acceptors (Lipinski definition) is 6. The molecule has 172 valence electrons. The Morgan fingerprint density at radius 1 is 1.09 bits per heavy atom. The van der Waals surface area contributed by atoms with Gasteiger partial charge in [0.2, 0.25) is 5.95 Å². The lowest BCUT2D eigenvalue weighted by Crippen LogP contribution is -2.45. The first kappa shape index (κ1) is 23.3. The Balaban J connectivity index is 1.59. The highest BCUT2D eigenvalue weighted by molar-refractivity contribution is 9.10. The van der Waals surface area contributed by atoms with Gasteiger partial charge in [-0.15, -0.1) is 0 Å². The first-order valence-electron chi connectivity index (χ1n) is 10.9. The van der Waals surface area contributed by atoms with E-state index in [1.807, 2.05) is 0 Å². The SMILES string of the molecule is CN1CCN(c2ncc(-c3nn(COCC[Si](C)(C)C)c4cc(F)c(Br)cc34)cn2)CC1. The second kappa shape index (κ2) is 9.54. The molecule has 0 amide bonds. The van der Waals surface area contributed by atoms with Gasteiger partial charge in [0.25, 0.3) is 0 Å². The van der Waals surface area contributed by atoms with E-state index in [2.05, 4.69) is 62.4 Å². The summed E-state index contributed by atoms with van der Waals surface area (Å²) < 4.78 is 22.3. The molecule has 0 spiro atoms. The molecule has 0 bridgehead atoms. The molecule has 3 heterocycles. The smallest absolute Gasteiger partial charge is 0.225 e. The van der Waals surface area contributed by atoms with E-state index < -0.39 is 8.07 Å². The van der Waals surface area contributed by atoms with Crippen LogP contribution in [-0.2, 0) is 11.5 Å². The van der Waals surface area contributed by atoms with Crippen LogP contribution in [-0.4, -0.2) is 72.6 Å². The van der Waals surface area contributed by atoms with Crippen LogP contribution in [0.15, 0.2) is 29.0 Å². The fraction of sp³-hybridized carbons (Fsp3) is 0.500. The Morgan fingerprint density at radius 3 is 2.44 bits per heavy atom. The number of halogens is 2. The minimum absolute atomic E-state index is 0.280. The van der Waals surface area contributed by atoms with Gasteiger partial charge < -0.3 is 14.5 Å². The van der Waals surface area contributed by atoms with Crippen LogP contribution in [0, 0.1) is 5.82 Å². The lowest BCUT2D eigenvalue weighted by atomic mass is 10.1. The summed E-state index contributed by atoms with van der Waals surface area (Å²) in [7, 11) is 0.943. The van der Waals surface area contributed by atoms with E-state index in [1.165, 1.54) is 6.07 Å². The number of piperazine rings is 1. The lowest BCUT2D eigenvalue weighted by molar-refractivity contribution is 0.0818. The van der Waals surface area contributed by atoms with Crippen molar-refractivity contribution in [3.05, 3.63) is 34.8 Å². The second-order valence-electron chi connectivity index (χ2n) is 9.54. The molecule has 7 nitrogen and oxygen atoms in total. The Hall–Kier alpha value is -1.88. The molecule has 0 N–H and O–H groups in total. The maximum Gasteiger partial charge on any atom is 0.225 e. The molecule has 1 aromatic carbocycles. The first-order valence-corrected chi connectivity index (χ1v) is 15.4. The number of likely N-dealkylation sites (N-methyl/N-ethyl adjacent to an activating group) is 1. The Bertz CT molecular complexity index is 1080. The molecule has 0 unspecified atom stereocenters. The van der Waals surface area contributed by atoms with Crippen LogP contribution < -0.4 is 4.90 Å². The highest BCUT2D eigenvalue weighted by atomic mass is 79.9. The molecular weight excluding hydrogens is 491 g/mol. The fourth-order valence-electron chi connectivity index (χ4n) is 3.62. The number of nitrogens with zero attached hydrogens (tertiary/aromatic N) is 6. The standard InChI is InChI=1S/C22H30BrFN6OSi/c1-28-5-7-29(8-6-28)22-25-13-16(14-26-22)21-17-11-18(23)19(24)12-20(17)30(27-21)15-31-9-10-32(2,3)4/h11-14H,5-10,15H2,1-4H3. The van der Waals surface area contributed by atoms with E-state index in [9.17, 15) is 4.39 Å². The summed E-state index contributed by atoms with van der Waals surface area (Å²) in [6.07, 6.45) is 3.60. The van der Waals surface area contributed by atoms with E-state index in [0.29, 0.717) is 16.6 Å². The number of ether oxygens (including phenoxy) is 1. The summed E-state index contributed by atoms with van der Waals surface area (Å²) in [6.45, 7) is 11.7. The molecule has 0 aliphatic carbocycles. The molecule has 10 heteroatoms. The van der Waals surface area contributed by atoms with Gasteiger partial charge in [0.05, 0.1) is 9.99 Å². The van der Waals surface area contributed by atoms with Crippen molar-refractivity contribution in [3.63, 3.8) is 0 Å². The average Bonchev–Trinajstić information content (AvgIpc) is 3.09. The van der Waals surface area contributed by atoms with Gasteiger partial charge in [0.15, 0.2) is 0 Å². The minimum Gasteiger partial charge on any atom is -0.360 e.